The number of rotatable bonds is 5. The molecule has 1 aliphatic heterocycles. The van der Waals surface area contributed by atoms with Crippen LogP contribution in [0.15, 0.2) is 35.8 Å². The summed E-state index contributed by atoms with van der Waals surface area (Å²) >= 11 is 1.38. The lowest BCUT2D eigenvalue weighted by Crippen LogP contribution is -2.44. The van der Waals surface area contributed by atoms with Gasteiger partial charge in [-0.2, -0.15) is 0 Å². The number of carbonyl (C=O) groups excluding carboxylic acids is 1. The molecule has 1 aromatic carbocycles. The molecule has 1 aromatic heterocycles. The molecule has 6 nitrogen and oxygen atoms in total. The van der Waals surface area contributed by atoms with Gasteiger partial charge in [0.25, 0.3) is 0 Å². The Hall–Kier alpha value is -1.96. The predicted octanol–water partition coefficient (Wildman–Crippen LogP) is 3.07. The summed E-state index contributed by atoms with van der Waals surface area (Å²) in [5.74, 6) is 0. The van der Waals surface area contributed by atoms with E-state index in [2.05, 4.69) is 39.8 Å². The second kappa shape index (κ2) is 8.42. The minimum absolute atomic E-state index is 0.206. The van der Waals surface area contributed by atoms with Crippen molar-refractivity contribution >= 4 is 23.3 Å². The molecule has 2 unspecified atom stereocenters. The molecule has 2 atom stereocenters. The SMILES string of the molecule is CC1CN(Cc2ccccc2NC(=O)NCc2cnsc2)CC(C)O1. The van der Waals surface area contributed by atoms with Crippen molar-refractivity contribution in [2.45, 2.75) is 39.1 Å². The fraction of sp³-hybridized carbons (Fsp3) is 0.444. The minimum atomic E-state index is -0.206. The average Bonchev–Trinajstić information content (AvgIpc) is 3.07. The van der Waals surface area contributed by atoms with Gasteiger partial charge in [-0.05, 0) is 37.0 Å². The van der Waals surface area contributed by atoms with Crippen LogP contribution in [0.2, 0.25) is 0 Å². The Morgan fingerprint density at radius 1 is 1.32 bits per heavy atom. The van der Waals surface area contributed by atoms with Crippen LogP contribution < -0.4 is 10.6 Å². The number of morpholine rings is 1. The topological polar surface area (TPSA) is 66.5 Å². The van der Waals surface area contributed by atoms with Gasteiger partial charge in [0, 0.05) is 49.0 Å². The number of carbonyl (C=O) groups is 1. The molecule has 0 bridgehead atoms. The van der Waals surface area contributed by atoms with Gasteiger partial charge in [0.1, 0.15) is 0 Å². The van der Waals surface area contributed by atoms with E-state index in [1.54, 1.807) is 6.20 Å². The van der Waals surface area contributed by atoms with Crippen LogP contribution in [0.1, 0.15) is 25.0 Å². The standard InChI is InChI=1S/C18H24N4O2S/c1-13-9-22(10-14(2)24-13)11-16-5-3-4-6-17(16)21-18(23)19-7-15-8-20-25-12-15/h3-6,8,12-14H,7,9-11H2,1-2H3,(H2,19,21,23). The maximum atomic E-state index is 12.2. The first-order chi connectivity index (χ1) is 12.1. The van der Waals surface area contributed by atoms with E-state index in [-0.39, 0.29) is 18.2 Å². The molecule has 0 radical (unpaired) electrons. The number of benzene rings is 1. The number of hydrogen-bond donors (Lipinski definition) is 2. The van der Waals surface area contributed by atoms with Crippen molar-refractivity contribution in [3.8, 4) is 0 Å². The van der Waals surface area contributed by atoms with Gasteiger partial charge in [-0.3, -0.25) is 4.90 Å². The van der Waals surface area contributed by atoms with E-state index in [4.69, 9.17) is 4.74 Å². The molecule has 1 fully saturated rings. The van der Waals surface area contributed by atoms with Crippen molar-refractivity contribution in [3.05, 3.63) is 47.0 Å². The molecule has 25 heavy (non-hydrogen) atoms. The van der Waals surface area contributed by atoms with Gasteiger partial charge in [-0.1, -0.05) is 18.2 Å². The summed E-state index contributed by atoms with van der Waals surface area (Å²) in [6.45, 7) is 7.26. The molecule has 3 rings (SSSR count). The lowest BCUT2D eigenvalue weighted by atomic mass is 10.1. The van der Waals surface area contributed by atoms with Gasteiger partial charge in [-0.25, -0.2) is 9.17 Å². The van der Waals surface area contributed by atoms with Crippen LogP contribution in [0.25, 0.3) is 0 Å². The summed E-state index contributed by atoms with van der Waals surface area (Å²) in [6, 6.07) is 7.73. The van der Waals surface area contributed by atoms with Crippen LogP contribution in [0, 0.1) is 0 Å². The van der Waals surface area contributed by atoms with Gasteiger partial charge < -0.3 is 15.4 Å². The molecule has 0 aliphatic carbocycles. The van der Waals surface area contributed by atoms with Crippen molar-refractivity contribution in [2.75, 3.05) is 18.4 Å². The highest BCUT2D eigenvalue weighted by Gasteiger charge is 2.22. The monoisotopic (exact) mass is 360 g/mol. The smallest absolute Gasteiger partial charge is 0.319 e. The minimum Gasteiger partial charge on any atom is -0.373 e. The van der Waals surface area contributed by atoms with Crippen molar-refractivity contribution in [1.82, 2.24) is 14.6 Å². The molecule has 2 aromatic rings. The first-order valence-electron chi connectivity index (χ1n) is 8.49. The van der Waals surface area contributed by atoms with Gasteiger partial charge >= 0.3 is 6.03 Å². The number of aromatic nitrogens is 1. The molecule has 0 saturated carbocycles. The summed E-state index contributed by atoms with van der Waals surface area (Å²) < 4.78 is 9.82. The van der Waals surface area contributed by atoms with Crippen LogP contribution in [-0.2, 0) is 17.8 Å². The molecular formula is C18H24N4O2S. The third-order valence-electron chi connectivity index (χ3n) is 4.09. The number of nitrogens with zero attached hydrogens (tertiary/aromatic N) is 2. The molecule has 2 heterocycles. The van der Waals surface area contributed by atoms with Crippen LogP contribution in [0.4, 0.5) is 10.5 Å². The van der Waals surface area contributed by atoms with Crippen LogP contribution in [0.3, 0.4) is 0 Å². The van der Waals surface area contributed by atoms with Gasteiger partial charge in [0.2, 0.25) is 0 Å². The fourth-order valence-electron chi connectivity index (χ4n) is 3.10. The quantitative estimate of drug-likeness (QED) is 0.860. The summed E-state index contributed by atoms with van der Waals surface area (Å²) in [4.78, 5) is 14.6. The molecule has 2 amide bonds. The Balaban J connectivity index is 1.59. The first-order valence-corrected chi connectivity index (χ1v) is 9.32. The van der Waals surface area contributed by atoms with Crippen molar-refractivity contribution < 1.29 is 9.53 Å². The average molecular weight is 360 g/mol. The fourth-order valence-corrected chi connectivity index (χ4v) is 3.63. The molecule has 2 N–H and O–H groups in total. The van der Waals surface area contributed by atoms with Crippen molar-refractivity contribution in [1.29, 1.82) is 0 Å². The van der Waals surface area contributed by atoms with E-state index >= 15 is 0 Å². The number of nitrogens with one attached hydrogen (secondary N) is 2. The van der Waals surface area contributed by atoms with E-state index in [1.807, 2.05) is 23.6 Å². The molecule has 0 spiro atoms. The van der Waals surface area contributed by atoms with Crippen LogP contribution in [-0.4, -0.2) is 40.6 Å². The van der Waals surface area contributed by atoms with E-state index in [0.29, 0.717) is 6.54 Å². The summed E-state index contributed by atoms with van der Waals surface area (Å²) in [6.07, 6.45) is 2.22. The molecular weight excluding hydrogens is 336 g/mol. The molecule has 134 valence electrons. The number of ether oxygens (including phenoxy) is 1. The van der Waals surface area contributed by atoms with E-state index in [0.717, 1.165) is 36.4 Å². The van der Waals surface area contributed by atoms with Gasteiger partial charge in [0.15, 0.2) is 0 Å². The number of urea groups is 1. The lowest BCUT2D eigenvalue weighted by molar-refractivity contribution is -0.0704. The Labute approximate surface area is 152 Å². The highest BCUT2D eigenvalue weighted by molar-refractivity contribution is 7.03. The predicted molar refractivity (Wildman–Crippen MR) is 99.7 cm³/mol. The van der Waals surface area contributed by atoms with Crippen molar-refractivity contribution in [2.24, 2.45) is 0 Å². The largest absolute Gasteiger partial charge is 0.373 e. The molecule has 1 saturated heterocycles. The molecule has 7 heteroatoms. The van der Waals surface area contributed by atoms with Gasteiger partial charge in [-0.15, -0.1) is 0 Å². The zero-order valence-corrected chi connectivity index (χ0v) is 15.4. The Morgan fingerprint density at radius 3 is 2.80 bits per heavy atom. The highest BCUT2D eigenvalue weighted by Crippen LogP contribution is 2.20. The van der Waals surface area contributed by atoms with E-state index in [9.17, 15) is 4.79 Å². The second-order valence-corrected chi connectivity index (χ2v) is 7.11. The summed E-state index contributed by atoms with van der Waals surface area (Å²) in [7, 11) is 0. The Bertz CT molecular complexity index is 682. The third kappa shape index (κ3) is 5.26. The number of para-hydroxylation sites is 1. The Morgan fingerprint density at radius 2 is 2.08 bits per heavy atom. The maximum Gasteiger partial charge on any atom is 0.319 e. The normalized spacial score (nSPS) is 21.0. The van der Waals surface area contributed by atoms with Crippen LogP contribution in [0.5, 0.6) is 0 Å². The van der Waals surface area contributed by atoms with E-state index in [1.165, 1.54) is 11.5 Å². The number of anilines is 1. The van der Waals surface area contributed by atoms with Gasteiger partial charge in [0.05, 0.1) is 12.2 Å². The highest BCUT2D eigenvalue weighted by atomic mass is 32.1. The Kier molecular flexibility index (Phi) is 6.01. The van der Waals surface area contributed by atoms with Crippen LogP contribution >= 0.6 is 11.5 Å². The zero-order chi connectivity index (χ0) is 17.6. The van der Waals surface area contributed by atoms with E-state index < -0.39 is 0 Å². The lowest BCUT2D eigenvalue weighted by Gasteiger charge is -2.35. The summed E-state index contributed by atoms with van der Waals surface area (Å²) in [5.41, 5.74) is 2.95. The zero-order valence-electron chi connectivity index (χ0n) is 14.6. The second-order valence-electron chi connectivity index (χ2n) is 6.45. The first kappa shape index (κ1) is 17.8. The van der Waals surface area contributed by atoms with Crippen molar-refractivity contribution in [3.63, 3.8) is 0 Å². The number of hydrogen-bond acceptors (Lipinski definition) is 5. The third-order valence-corrected chi connectivity index (χ3v) is 4.73. The number of amides is 2. The maximum absolute atomic E-state index is 12.2. The molecule has 1 aliphatic rings. The summed E-state index contributed by atoms with van der Waals surface area (Å²) in [5, 5.41) is 7.75.